The van der Waals surface area contributed by atoms with E-state index in [0.717, 1.165) is 0 Å². The fraction of sp³-hybridized carbons (Fsp3) is 0. The molecule has 0 aliphatic rings. The molecule has 0 radical (unpaired) electrons. The van der Waals surface area contributed by atoms with Crippen LogP contribution in [-0.2, 0) is 0 Å². The molecule has 0 bridgehead atoms. The Bertz CT molecular complexity index is 455. The summed E-state index contributed by atoms with van der Waals surface area (Å²) in [6.45, 7) is 0. The van der Waals surface area contributed by atoms with Crippen LogP contribution in [0.1, 0.15) is 10.4 Å². The van der Waals surface area contributed by atoms with E-state index in [1.165, 1.54) is 0 Å². The molecule has 0 spiro atoms. The van der Waals surface area contributed by atoms with Crippen molar-refractivity contribution in [2.45, 2.75) is 0 Å². The molecule has 0 unspecified atom stereocenters. The summed E-state index contributed by atoms with van der Waals surface area (Å²) in [4.78, 5) is 29.2. The summed E-state index contributed by atoms with van der Waals surface area (Å²) in [5, 5.41) is 29.8. The normalized spacial score (nSPS) is 9.60. The van der Waals surface area contributed by atoms with Crippen LogP contribution in [0.25, 0.3) is 0 Å². The highest BCUT2D eigenvalue weighted by Crippen LogP contribution is 2.32. The molecule has 0 fully saturated rings. The van der Waals surface area contributed by atoms with E-state index in [4.69, 9.17) is 5.11 Å². The number of carbonyl (C=O) groups is 1. The molecule has 78 valence electrons. The molecule has 0 aliphatic carbocycles. The molecule has 0 amide bonds. The van der Waals surface area contributed by atoms with Crippen molar-refractivity contribution in [2.75, 3.05) is 0 Å². The lowest BCUT2D eigenvalue weighted by Crippen LogP contribution is -1.97. The highest BCUT2D eigenvalue weighted by atomic mass is 16.6. The monoisotopic (exact) mass is 212 g/mol. The van der Waals surface area contributed by atoms with Crippen LogP contribution in [0.5, 0.6) is 5.75 Å². The molecule has 0 heterocycles. The van der Waals surface area contributed by atoms with Gasteiger partial charge in [0.2, 0.25) is 0 Å². The van der Waals surface area contributed by atoms with Crippen LogP contribution in [0.4, 0.5) is 11.4 Å². The Morgan fingerprint density at radius 2 is 1.67 bits per heavy atom. The second-order valence-corrected chi connectivity index (χ2v) is 2.53. The number of aldehydes is 1. The molecule has 0 saturated carbocycles. The lowest BCUT2D eigenvalue weighted by atomic mass is 10.1. The van der Waals surface area contributed by atoms with Crippen molar-refractivity contribution in [3.63, 3.8) is 0 Å². The molecule has 1 aromatic carbocycles. The zero-order valence-corrected chi connectivity index (χ0v) is 7.11. The first-order valence-corrected chi connectivity index (χ1v) is 3.58. The Hall–Kier alpha value is -2.51. The number of aromatic hydroxyl groups is 1. The Kier molecular flexibility index (Phi) is 2.61. The quantitative estimate of drug-likeness (QED) is 0.453. The molecule has 0 saturated heterocycles. The lowest BCUT2D eigenvalue weighted by molar-refractivity contribution is -0.394. The van der Waals surface area contributed by atoms with Gasteiger partial charge in [-0.25, -0.2) is 0 Å². The Morgan fingerprint density at radius 1 is 1.13 bits per heavy atom. The highest BCUT2D eigenvalue weighted by molar-refractivity contribution is 5.83. The summed E-state index contributed by atoms with van der Waals surface area (Å²) in [7, 11) is 0. The van der Waals surface area contributed by atoms with Crippen LogP contribution in [0.2, 0.25) is 0 Å². The third-order valence-corrected chi connectivity index (χ3v) is 1.64. The molecular weight excluding hydrogens is 208 g/mol. The van der Waals surface area contributed by atoms with E-state index in [2.05, 4.69) is 0 Å². The highest BCUT2D eigenvalue weighted by Gasteiger charge is 2.23. The predicted octanol–water partition coefficient (Wildman–Crippen LogP) is 1.02. The van der Waals surface area contributed by atoms with E-state index in [-0.39, 0.29) is 6.29 Å². The van der Waals surface area contributed by atoms with E-state index in [1.807, 2.05) is 0 Å². The molecule has 8 nitrogen and oxygen atoms in total. The van der Waals surface area contributed by atoms with Crippen molar-refractivity contribution in [1.82, 2.24) is 0 Å². The maximum Gasteiger partial charge on any atom is 0.317 e. The molecule has 8 heteroatoms. The molecule has 0 aromatic heterocycles. The maximum atomic E-state index is 10.4. The standard InChI is InChI=1S/C7H4N2O6/c10-3-4-1-7(11)6(9(14)15)2-5(4)8(12)13/h1-3,11H. The number of rotatable bonds is 3. The minimum Gasteiger partial charge on any atom is -0.502 e. The number of phenolic OH excluding ortho intramolecular Hbond substituents is 1. The van der Waals surface area contributed by atoms with Crippen molar-refractivity contribution in [3.8, 4) is 5.75 Å². The second kappa shape index (κ2) is 3.70. The molecule has 1 N–H and O–H groups in total. The van der Waals surface area contributed by atoms with E-state index >= 15 is 0 Å². The number of nitro benzene ring substituents is 2. The van der Waals surface area contributed by atoms with Gasteiger partial charge in [-0.2, -0.15) is 0 Å². The van der Waals surface area contributed by atoms with E-state index in [0.29, 0.717) is 12.1 Å². The Morgan fingerprint density at radius 3 is 2.07 bits per heavy atom. The molecular formula is C7H4N2O6. The maximum absolute atomic E-state index is 10.4. The van der Waals surface area contributed by atoms with Crippen LogP contribution < -0.4 is 0 Å². The fourth-order valence-electron chi connectivity index (χ4n) is 0.981. The molecule has 0 atom stereocenters. The van der Waals surface area contributed by atoms with Gasteiger partial charge in [0.25, 0.3) is 5.69 Å². The summed E-state index contributed by atoms with van der Waals surface area (Å²) in [5.74, 6) is -0.785. The number of nitro groups is 2. The molecule has 1 aromatic rings. The van der Waals surface area contributed by atoms with Gasteiger partial charge < -0.3 is 5.11 Å². The summed E-state index contributed by atoms with van der Waals surface area (Å²) in [5.41, 5.74) is -1.94. The predicted molar refractivity (Wildman–Crippen MR) is 46.8 cm³/mol. The lowest BCUT2D eigenvalue weighted by Gasteiger charge is -1.98. The Labute approximate surface area is 82.1 Å². The van der Waals surface area contributed by atoms with Crippen LogP contribution in [0.15, 0.2) is 12.1 Å². The van der Waals surface area contributed by atoms with Gasteiger partial charge in [0, 0.05) is 6.07 Å². The van der Waals surface area contributed by atoms with Gasteiger partial charge in [-0.05, 0) is 0 Å². The smallest absolute Gasteiger partial charge is 0.317 e. The van der Waals surface area contributed by atoms with E-state index < -0.39 is 32.5 Å². The Balaban J connectivity index is 3.50. The van der Waals surface area contributed by atoms with Gasteiger partial charge in [0.1, 0.15) is 0 Å². The summed E-state index contributed by atoms with van der Waals surface area (Å²) in [6.07, 6.45) is 0.140. The summed E-state index contributed by atoms with van der Waals surface area (Å²) < 4.78 is 0. The van der Waals surface area contributed by atoms with E-state index in [1.54, 1.807) is 0 Å². The fourth-order valence-corrected chi connectivity index (χ4v) is 0.981. The number of phenols is 1. The molecule has 1 rings (SSSR count). The summed E-state index contributed by atoms with van der Waals surface area (Å²) >= 11 is 0. The van der Waals surface area contributed by atoms with Crippen LogP contribution in [0, 0.1) is 20.2 Å². The number of hydrogen-bond donors (Lipinski definition) is 1. The first-order valence-electron chi connectivity index (χ1n) is 3.58. The average molecular weight is 212 g/mol. The number of nitrogens with zero attached hydrogens (tertiary/aromatic N) is 2. The third kappa shape index (κ3) is 1.88. The molecule has 15 heavy (non-hydrogen) atoms. The second-order valence-electron chi connectivity index (χ2n) is 2.53. The van der Waals surface area contributed by atoms with Gasteiger partial charge in [0.05, 0.1) is 21.5 Å². The summed E-state index contributed by atoms with van der Waals surface area (Å²) in [6, 6.07) is 1.22. The number of carbonyl (C=O) groups excluding carboxylic acids is 1. The van der Waals surface area contributed by atoms with Crippen molar-refractivity contribution < 1.29 is 19.7 Å². The zero-order chi connectivity index (χ0) is 11.6. The van der Waals surface area contributed by atoms with Gasteiger partial charge >= 0.3 is 5.69 Å². The third-order valence-electron chi connectivity index (χ3n) is 1.64. The first-order chi connectivity index (χ1) is 6.97. The minimum atomic E-state index is -0.975. The van der Waals surface area contributed by atoms with Crippen molar-refractivity contribution in [1.29, 1.82) is 0 Å². The topological polar surface area (TPSA) is 124 Å². The van der Waals surface area contributed by atoms with Crippen molar-refractivity contribution in [2.24, 2.45) is 0 Å². The minimum absolute atomic E-state index is 0.140. The van der Waals surface area contributed by atoms with Gasteiger partial charge in [-0.15, -0.1) is 0 Å². The van der Waals surface area contributed by atoms with Gasteiger partial charge in [0.15, 0.2) is 12.0 Å². The van der Waals surface area contributed by atoms with Crippen LogP contribution in [0.3, 0.4) is 0 Å². The van der Waals surface area contributed by atoms with Crippen molar-refractivity contribution in [3.05, 3.63) is 37.9 Å². The van der Waals surface area contributed by atoms with Gasteiger partial charge in [-0.3, -0.25) is 25.0 Å². The van der Waals surface area contributed by atoms with Crippen molar-refractivity contribution >= 4 is 17.7 Å². The SMILES string of the molecule is O=Cc1cc(O)c([N+](=O)[O-])cc1[N+](=O)[O-]. The van der Waals surface area contributed by atoms with E-state index in [9.17, 15) is 25.0 Å². The van der Waals surface area contributed by atoms with Crippen LogP contribution in [-0.4, -0.2) is 21.2 Å². The molecule has 0 aliphatic heterocycles. The zero-order valence-electron chi connectivity index (χ0n) is 7.11. The first kappa shape index (κ1) is 10.6. The average Bonchev–Trinajstić information content (AvgIpc) is 2.16. The van der Waals surface area contributed by atoms with Gasteiger partial charge in [-0.1, -0.05) is 0 Å². The number of benzene rings is 1. The largest absolute Gasteiger partial charge is 0.502 e. The number of hydrogen-bond acceptors (Lipinski definition) is 6. The van der Waals surface area contributed by atoms with Crippen LogP contribution >= 0.6 is 0 Å².